The summed E-state index contributed by atoms with van der Waals surface area (Å²) in [5.41, 5.74) is 0.856. The van der Waals surface area contributed by atoms with Crippen molar-refractivity contribution in [2.45, 2.75) is 32.7 Å². The van der Waals surface area contributed by atoms with Crippen LogP contribution in [-0.2, 0) is 16.8 Å². The monoisotopic (exact) mass is 327 g/mol. The molecular weight excluding hydrogens is 302 g/mol. The molecule has 0 bridgehead atoms. The number of piperidine rings is 1. The largest absolute Gasteiger partial charge is 0.396 e. The van der Waals surface area contributed by atoms with Gasteiger partial charge in [0, 0.05) is 45.2 Å². The number of aromatic nitrogens is 1. The van der Waals surface area contributed by atoms with E-state index in [1.54, 1.807) is 22.8 Å². The first kappa shape index (κ1) is 17.3. The van der Waals surface area contributed by atoms with Gasteiger partial charge in [-0.1, -0.05) is 13.0 Å². The minimum absolute atomic E-state index is 0.0184. The second-order valence-electron chi connectivity index (χ2n) is 5.89. The van der Waals surface area contributed by atoms with E-state index in [0.717, 1.165) is 18.4 Å². The van der Waals surface area contributed by atoms with Crippen molar-refractivity contribution in [3.05, 3.63) is 30.1 Å². The van der Waals surface area contributed by atoms with Crippen molar-refractivity contribution >= 4 is 10.2 Å². The van der Waals surface area contributed by atoms with E-state index in [0.29, 0.717) is 38.5 Å². The lowest BCUT2D eigenvalue weighted by molar-refractivity contribution is 0.240. The lowest BCUT2D eigenvalue weighted by Crippen LogP contribution is -2.47. The summed E-state index contributed by atoms with van der Waals surface area (Å²) in [7, 11) is -3.50. The van der Waals surface area contributed by atoms with Crippen LogP contribution in [0.2, 0.25) is 0 Å². The Bertz CT molecular complexity index is 550. The molecule has 1 aromatic rings. The van der Waals surface area contributed by atoms with Crippen LogP contribution in [-0.4, -0.2) is 53.4 Å². The highest BCUT2D eigenvalue weighted by molar-refractivity contribution is 7.86. The molecule has 1 fully saturated rings. The Balaban J connectivity index is 2.15. The molecule has 0 unspecified atom stereocenters. The van der Waals surface area contributed by atoms with Crippen molar-refractivity contribution in [3.8, 4) is 0 Å². The first-order valence-corrected chi connectivity index (χ1v) is 9.18. The topological polar surface area (TPSA) is 73.7 Å². The Morgan fingerprint density at radius 1 is 1.50 bits per heavy atom. The second kappa shape index (κ2) is 8.01. The summed E-state index contributed by atoms with van der Waals surface area (Å²) in [6, 6.07) is 3.67. The number of rotatable bonds is 7. The fourth-order valence-corrected chi connectivity index (χ4v) is 4.54. The highest BCUT2D eigenvalue weighted by atomic mass is 32.2. The van der Waals surface area contributed by atoms with Gasteiger partial charge in [0.05, 0.1) is 0 Å². The van der Waals surface area contributed by atoms with Crippen molar-refractivity contribution < 1.29 is 13.5 Å². The van der Waals surface area contributed by atoms with Crippen LogP contribution in [0.3, 0.4) is 0 Å². The van der Waals surface area contributed by atoms with Crippen molar-refractivity contribution in [2.24, 2.45) is 5.92 Å². The molecule has 1 saturated heterocycles. The summed E-state index contributed by atoms with van der Waals surface area (Å²) in [4.78, 5) is 4.04. The van der Waals surface area contributed by atoms with E-state index in [-0.39, 0.29) is 6.61 Å². The predicted octanol–water partition coefficient (Wildman–Crippen LogP) is 1.24. The summed E-state index contributed by atoms with van der Waals surface area (Å²) < 4.78 is 28.8. The SMILES string of the molecule is C[C@H]1CCCN(S(=O)(=O)N(CCCO)Cc2cccnc2)C1. The molecule has 0 spiro atoms. The molecule has 0 saturated carbocycles. The molecule has 2 rings (SSSR count). The second-order valence-corrected chi connectivity index (χ2v) is 7.81. The number of nitrogens with zero attached hydrogens (tertiary/aromatic N) is 3. The first-order chi connectivity index (χ1) is 10.5. The van der Waals surface area contributed by atoms with Gasteiger partial charge in [0.25, 0.3) is 10.2 Å². The fourth-order valence-electron chi connectivity index (χ4n) is 2.74. The number of hydrogen-bond donors (Lipinski definition) is 1. The van der Waals surface area contributed by atoms with Crippen LogP contribution in [0.1, 0.15) is 31.7 Å². The summed E-state index contributed by atoms with van der Waals surface area (Å²) in [5, 5.41) is 9.05. The van der Waals surface area contributed by atoms with E-state index in [2.05, 4.69) is 11.9 Å². The molecule has 1 atom stereocenters. The maximum atomic E-state index is 12.9. The van der Waals surface area contributed by atoms with E-state index in [1.807, 2.05) is 6.07 Å². The molecule has 7 heteroatoms. The van der Waals surface area contributed by atoms with Gasteiger partial charge >= 0.3 is 0 Å². The summed E-state index contributed by atoms with van der Waals surface area (Å²) in [6.07, 6.45) is 5.76. The third-order valence-electron chi connectivity index (χ3n) is 3.92. The molecule has 1 aromatic heterocycles. The minimum Gasteiger partial charge on any atom is -0.396 e. The van der Waals surface area contributed by atoms with Crippen molar-refractivity contribution in [2.75, 3.05) is 26.2 Å². The van der Waals surface area contributed by atoms with Gasteiger partial charge in [0.15, 0.2) is 0 Å². The zero-order valence-corrected chi connectivity index (χ0v) is 13.9. The quantitative estimate of drug-likeness (QED) is 0.818. The number of aliphatic hydroxyl groups is 1. The average Bonchev–Trinajstić information content (AvgIpc) is 2.52. The van der Waals surface area contributed by atoms with Gasteiger partial charge in [-0.05, 0) is 36.8 Å². The normalized spacial score (nSPS) is 20.4. The fraction of sp³-hybridized carbons (Fsp3) is 0.667. The maximum Gasteiger partial charge on any atom is 0.282 e. The van der Waals surface area contributed by atoms with Crippen LogP contribution >= 0.6 is 0 Å². The molecule has 0 radical (unpaired) electrons. The average molecular weight is 327 g/mol. The molecule has 124 valence electrons. The number of aliphatic hydroxyl groups excluding tert-OH is 1. The zero-order valence-electron chi connectivity index (χ0n) is 13.1. The van der Waals surface area contributed by atoms with E-state index in [1.165, 1.54) is 4.31 Å². The summed E-state index contributed by atoms with van der Waals surface area (Å²) >= 11 is 0. The molecule has 0 amide bonds. The van der Waals surface area contributed by atoms with Crippen molar-refractivity contribution in [1.29, 1.82) is 0 Å². The van der Waals surface area contributed by atoms with Gasteiger partial charge in [-0.2, -0.15) is 17.0 Å². The Morgan fingerprint density at radius 2 is 2.32 bits per heavy atom. The summed E-state index contributed by atoms with van der Waals surface area (Å²) in [5.74, 6) is 0.390. The van der Waals surface area contributed by atoms with E-state index >= 15 is 0 Å². The maximum absolute atomic E-state index is 12.9. The van der Waals surface area contributed by atoms with E-state index in [4.69, 9.17) is 5.11 Å². The molecule has 6 nitrogen and oxygen atoms in total. The molecule has 2 heterocycles. The Kier molecular flexibility index (Phi) is 6.31. The molecule has 1 aliphatic rings. The van der Waals surface area contributed by atoms with E-state index in [9.17, 15) is 8.42 Å². The van der Waals surface area contributed by atoms with E-state index < -0.39 is 10.2 Å². The highest BCUT2D eigenvalue weighted by Crippen LogP contribution is 2.22. The number of pyridine rings is 1. The standard InChI is InChI=1S/C15H25N3O3S/c1-14-5-3-8-17(12-14)22(20,21)18(9-4-10-19)13-15-6-2-7-16-11-15/h2,6-7,11,14,19H,3-5,8-10,12-13H2,1H3/t14-/m0/s1. The van der Waals surface area contributed by atoms with Crippen LogP contribution in [0, 0.1) is 5.92 Å². The van der Waals surface area contributed by atoms with Gasteiger partial charge in [0.2, 0.25) is 0 Å². The van der Waals surface area contributed by atoms with Gasteiger partial charge in [-0.15, -0.1) is 0 Å². The number of hydrogen-bond acceptors (Lipinski definition) is 4. The van der Waals surface area contributed by atoms with Gasteiger partial charge in [-0.25, -0.2) is 0 Å². The van der Waals surface area contributed by atoms with Gasteiger partial charge < -0.3 is 5.11 Å². The Labute approximate surface area is 133 Å². The third-order valence-corrected chi connectivity index (χ3v) is 5.87. The lowest BCUT2D eigenvalue weighted by Gasteiger charge is -2.34. The highest BCUT2D eigenvalue weighted by Gasteiger charge is 2.32. The molecular formula is C15H25N3O3S. The van der Waals surface area contributed by atoms with Crippen LogP contribution in [0.4, 0.5) is 0 Å². The predicted molar refractivity (Wildman–Crippen MR) is 85.2 cm³/mol. The lowest BCUT2D eigenvalue weighted by atomic mass is 10.0. The molecule has 1 aliphatic heterocycles. The van der Waals surface area contributed by atoms with Gasteiger partial charge in [-0.3, -0.25) is 4.98 Å². The van der Waals surface area contributed by atoms with Crippen molar-refractivity contribution in [1.82, 2.24) is 13.6 Å². The molecule has 0 aliphatic carbocycles. The van der Waals surface area contributed by atoms with Crippen LogP contribution in [0.25, 0.3) is 0 Å². The van der Waals surface area contributed by atoms with Gasteiger partial charge in [0.1, 0.15) is 0 Å². The molecule has 1 N–H and O–H groups in total. The molecule has 22 heavy (non-hydrogen) atoms. The smallest absolute Gasteiger partial charge is 0.282 e. The van der Waals surface area contributed by atoms with Crippen LogP contribution in [0.5, 0.6) is 0 Å². The van der Waals surface area contributed by atoms with Crippen LogP contribution < -0.4 is 0 Å². The van der Waals surface area contributed by atoms with Crippen LogP contribution in [0.15, 0.2) is 24.5 Å². The molecule has 0 aromatic carbocycles. The van der Waals surface area contributed by atoms with Crippen molar-refractivity contribution in [3.63, 3.8) is 0 Å². The first-order valence-electron chi connectivity index (χ1n) is 7.79. The Hall–Kier alpha value is -1.02. The Morgan fingerprint density at radius 3 is 2.95 bits per heavy atom. The summed E-state index contributed by atoms with van der Waals surface area (Å²) in [6.45, 7) is 3.83. The minimum atomic E-state index is -3.50. The third kappa shape index (κ3) is 4.49. The zero-order chi connectivity index (χ0) is 16.0.